The smallest absolute Gasteiger partial charge is 0.271 e. The molecule has 94 valence electrons. The maximum Gasteiger partial charge on any atom is 0.271 e. The molecule has 1 aromatic carbocycles. The van der Waals surface area contributed by atoms with Crippen LogP contribution in [0.4, 0.5) is 5.69 Å². The largest absolute Gasteiger partial charge is 0.440 e. The van der Waals surface area contributed by atoms with Gasteiger partial charge < -0.3 is 9.83 Å². The van der Waals surface area contributed by atoms with Gasteiger partial charge in [-0.05, 0) is 12.5 Å². The van der Waals surface area contributed by atoms with E-state index in [2.05, 4.69) is 4.98 Å². The van der Waals surface area contributed by atoms with E-state index < -0.39 is 4.92 Å². The highest BCUT2D eigenvalue weighted by Crippen LogP contribution is 2.21. The first-order valence-corrected chi connectivity index (χ1v) is 5.70. The summed E-state index contributed by atoms with van der Waals surface area (Å²) >= 11 is 0. The molecule has 2 aromatic rings. The minimum Gasteiger partial charge on any atom is -0.440 e. The third kappa shape index (κ3) is 2.53. The highest BCUT2D eigenvalue weighted by Gasteiger charge is 2.12. The van der Waals surface area contributed by atoms with Crippen molar-refractivity contribution in [2.24, 2.45) is 0 Å². The van der Waals surface area contributed by atoms with Gasteiger partial charge in [0.25, 0.3) is 5.69 Å². The lowest BCUT2D eigenvalue weighted by atomic mass is 10.2. The third-order valence-corrected chi connectivity index (χ3v) is 2.54. The van der Waals surface area contributed by atoms with Gasteiger partial charge in [-0.25, -0.2) is 4.98 Å². The molecule has 0 amide bonds. The van der Waals surface area contributed by atoms with Crippen LogP contribution in [-0.2, 0) is 6.42 Å². The van der Waals surface area contributed by atoms with Crippen LogP contribution in [0.25, 0.3) is 11.1 Å². The van der Waals surface area contributed by atoms with E-state index in [1.807, 2.05) is 6.92 Å². The van der Waals surface area contributed by atoms with Crippen LogP contribution < -0.4 is 0 Å². The van der Waals surface area contributed by atoms with Crippen LogP contribution in [0, 0.1) is 15.5 Å². The molecule has 6 nitrogen and oxygen atoms in total. The molecule has 0 saturated carbocycles. The van der Waals surface area contributed by atoms with E-state index in [-0.39, 0.29) is 5.69 Å². The fourth-order valence-corrected chi connectivity index (χ4v) is 1.73. The van der Waals surface area contributed by atoms with Gasteiger partial charge in [-0.2, -0.15) is 0 Å². The average Bonchev–Trinajstić information content (AvgIpc) is 2.69. The molecule has 6 heteroatoms. The Morgan fingerprint density at radius 1 is 1.56 bits per heavy atom. The third-order valence-electron chi connectivity index (χ3n) is 2.54. The molecule has 0 unspecified atom stereocenters. The van der Waals surface area contributed by atoms with Gasteiger partial charge in [0.15, 0.2) is 5.58 Å². The van der Waals surface area contributed by atoms with E-state index in [4.69, 9.17) is 9.83 Å². The number of hydrogen-bond acceptors (Lipinski definition) is 5. The average molecular weight is 247 g/mol. The minimum absolute atomic E-state index is 0.00835. The number of benzene rings is 1. The second kappa shape index (κ2) is 4.95. The monoisotopic (exact) mass is 247 g/mol. The second-order valence-electron chi connectivity index (χ2n) is 4.05. The van der Waals surface area contributed by atoms with E-state index in [0.29, 0.717) is 35.5 Å². The summed E-state index contributed by atoms with van der Waals surface area (Å²) in [7, 11) is 0. The molecule has 18 heavy (non-hydrogen) atoms. The first-order chi connectivity index (χ1) is 8.60. The highest BCUT2D eigenvalue weighted by molar-refractivity contribution is 5.83. The Morgan fingerprint density at radius 2 is 2.33 bits per heavy atom. The van der Waals surface area contributed by atoms with Crippen molar-refractivity contribution in [2.75, 3.05) is 0 Å². The number of nitrogens with zero attached hydrogens (tertiary/aromatic N) is 2. The van der Waals surface area contributed by atoms with Gasteiger partial charge >= 0.3 is 0 Å². The van der Waals surface area contributed by atoms with Gasteiger partial charge in [-0.1, -0.05) is 13.3 Å². The molecule has 0 saturated heterocycles. The van der Waals surface area contributed by atoms with Gasteiger partial charge in [0.2, 0.25) is 5.89 Å². The SMILES string of the molecule is CCCC(=N)Cc1nc2cc([N+](=O)[O-])ccc2o1. The van der Waals surface area contributed by atoms with Crippen molar-refractivity contribution < 1.29 is 9.34 Å². The molecule has 0 atom stereocenters. The fraction of sp³-hybridized carbons (Fsp3) is 0.333. The summed E-state index contributed by atoms with van der Waals surface area (Å²) in [5.74, 6) is 0.434. The standard InChI is InChI=1S/C12H13N3O3/c1-2-3-8(13)6-12-14-10-7-9(15(16)17)4-5-11(10)18-12/h4-5,7,13H,2-3,6H2,1H3. The summed E-state index contributed by atoms with van der Waals surface area (Å²) in [5, 5.41) is 18.3. The van der Waals surface area contributed by atoms with Crippen LogP contribution in [-0.4, -0.2) is 15.6 Å². The summed E-state index contributed by atoms with van der Waals surface area (Å²) < 4.78 is 5.45. The molecule has 2 rings (SSSR count). The van der Waals surface area contributed by atoms with Crippen LogP contribution in [0.3, 0.4) is 0 Å². The van der Waals surface area contributed by atoms with Crippen LogP contribution in [0.2, 0.25) is 0 Å². The van der Waals surface area contributed by atoms with Gasteiger partial charge in [-0.3, -0.25) is 10.1 Å². The number of nitro benzene ring substituents is 1. The first-order valence-electron chi connectivity index (χ1n) is 5.70. The molecule has 0 radical (unpaired) electrons. The maximum atomic E-state index is 10.6. The van der Waals surface area contributed by atoms with E-state index in [1.165, 1.54) is 18.2 Å². The summed E-state index contributed by atoms with van der Waals surface area (Å²) in [6, 6.07) is 4.30. The second-order valence-corrected chi connectivity index (χ2v) is 4.05. The number of oxazole rings is 1. The lowest BCUT2D eigenvalue weighted by Crippen LogP contribution is -2.00. The molecule has 1 aromatic heterocycles. The number of aromatic nitrogens is 1. The minimum atomic E-state index is -0.465. The quantitative estimate of drug-likeness (QED) is 0.499. The van der Waals surface area contributed by atoms with Crippen molar-refractivity contribution in [3.05, 3.63) is 34.2 Å². The summed E-state index contributed by atoms with van der Waals surface area (Å²) in [4.78, 5) is 14.3. The zero-order valence-corrected chi connectivity index (χ0v) is 9.97. The van der Waals surface area contributed by atoms with E-state index in [1.54, 1.807) is 0 Å². The van der Waals surface area contributed by atoms with Crippen LogP contribution in [0.15, 0.2) is 22.6 Å². The predicted molar refractivity (Wildman–Crippen MR) is 67.0 cm³/mol. The molecule has 0 aliphatic heterocycles. The van der Waals surface area contributed by atoms with Crippen molar-refractivity contribution in [1.29, 1.82) is 5.41 Å². The van der Waals surface area contributed by atoms with Gasteiger partial charge in [0.05, 0.1) is 11.3 Å². The van der Waals surface area contributed by atoms with Crippen molar-refractivity contribution in [3.63, 3.8) is 0 Å². The normalized spacial score (nSPS) is 10.7. The summed E-state index contributed by atoms with van der Waals surface area (Å²) in [5.41, 5.74) is 1.52. The van der Waals surface area contributed by atoms with Crippen molar-refractivity contribution in [1.82, 2.24) is 4.98 Å². The van der Waals surface area contributed by atoms with Crippen LogP contribution in [0.1, 0.15) is 25.7 Å². The van der Waals surface area contributed by atoms with E-state index in [0.717, 1.165) is 6.42 Å². The lowest BCUT2D eigenvalue weighted by molar-refractivity contribution is -0.384. The van der Waals surface area contributed by atoms with E-state index >= 15 is 0 Å². The number of non-ortho nitro benzene ring substituents is 1. The Balaban J connectivity index is 2.27. The maximum absolute atomic E-state index is 10.6. The van der Waals surface area contributed by atoms with Crippen molar-refractivity contribution in [3.8, 4) is 0 Å². The van der Waals surface area contributed by atoms with E-state index in [9.17, 15) is 10.1 Å². The molecule has 1 heterocycles. The highest BCUT2D eigenvalue weighted by atomic mass is 16.6. The number of fused-ring (bicyclic) bond motifs is 1. The topological polar surface area (TPSA) is 93.0 Å². The molecule has 0 aliphatic rings. The fourth-order valence-electron chi connectivity index (χ4n) is 1.73. The molecule has 0 bridgehead atoms. The zero-order valence-electron chi connectivity index (χ0n) is 9.97. The molecule has 1 N–H and O–H groups in total. The number of rotatable bonds is 5. The van der Waals surface area contributed by atoms with Gasteiger partial charge in [0, 0.05) is 17.8 Å². The Labute approximate surface area is 103 Å². The predicted octanol–water partition coefficient (Wildman–Crippen LogP) is 3.10. The van der Waals surface area contributed by atoms with Crippen LogP contribution in [0.5, 0.6) is 0 Å². The van der Waals surface area contributed by atoms with Crippen LogP contribution >= 0.6 is 0 Å². The Bertz CT molecular complexity index is 604. The number of nitro groups is 1. The molecular weight excluding hydrogens is 234 g/mol. The Kier molecular flexibility index (Phi) is 3.36. The Morgan fingerprint density at radius 3 is 3.00 bits per heavy atom. The summed E-state index contributed by atoms with van der Waals surface area (Å²) in [6.07, 6.45) is 1.97. The van der Waals surface area contributed by atoms with Gasteiger partial charge in [-0.15, -0.1) is 0 Å². The molecule has 0 fully saturated rings. The van der Waals surface area contributed by atoms with Crippen molar-refractivity contribution in [2.45, 2.75) is 26.2 Å². The Hall–Kier alpha value is -2.24. The molecule has 0 aliphatic carbocycles. The molecule has 0 spiro atoms. The lowest BCUT2D eigenvalue weighted by Gasteiger charge is -1.96. The number of nitrogens with one attached hydrogen (secondary N) is 1. The molecular formula is C12H13N3O3. The zero-order chi connectivity index (χ0) is 13.1. The number of hydrogen-bond donors (Lipinski definition) is 1. The first kappa shape index (κ1) is 12.2. The summed E-state index contributed by atoms with van der Waals surface area (Å²) in [6.45, 7) is 2.00. The van der Waals surface area contributed by atoms with Gasteiger partial charge in [0.1, 0.15) is 5.52 Å². The van der Waals surface area contributed by atoms with Crippen molar-refractivity contribution >= 4 is 22.5 Å².